The van der Waals surface area contributed by atoms with Gasteiger partial charge in [0.1, 0.15) is 0 Å². The monoisotopic (exact) mass is 257 g/mol. The molecule has 0 amide bonds. The summed E-state index contributed by atoms with van der Waals surface area (Å²) in [7, 11) is 1.44. The van der Waals surface area contributed by atoms with Gasteiger partial charge >= 0.3 is 5.97 Å². The summed E-state index contributed by atoms with van der Waals surface area (Å²) in [6.07, 6.45) is 4.16. The maximum Gasteiger partial charge on any atom is 0.309 e. The molecule has 4 nitrogen and oxygen atoms in total. The van der Waals surface area contributed by atoms with Crippen molar-refractivity contribution in [1.82, 2.24) is 5.32 Å². The van der Waals surface area contributed by atoms with Gasteiger partial charge in [0.25, 0.3) is 0 Å². The largest absolute Gasteiger partial charge is 0.469 e. The minimum Gasteiger partial charge on any atom is -0.469 e. The van der Waals surface area contributed by atoms with E-state index in [1.54, 1.807) is 0 Å². The molecule has 1 rings (SSSR count). The molecule has 106 valence electrons. The van der Waals surface area contributed by atoms with Crippen LogP contribution in [0.15, 0.2) is 0 Å². The van der Waals surface area contributed by atoms with Gasteiger partial charge < -0.3 is 14.8 Å². The molecule has 1 aliphatic heterocycles. The van der Waals surface area contributed by atoms with Crippen LogP contribution in [-0.2, 0) is 14.3 Å². The van der Waals surface area contributed by atoms with Gasteiger partial charge in [-0.1, -0.05) is 20.8 Å². The summed E-state index contributed by atoms with van der Waals surface area (Å²) in [6.45, 7) is 7.75. The summed E-state index contributed by atoms with van der Waals surface area (Å²) >= 11 is 0. The Morgan fingerprint density at radius 2 is 2.17 bits per heavy atom. The number of methoxy groups -OCH3 is 1. The smallest absolute Gasteiger partial charge is 0.309 e. The predicted octanol–water partition coefficient (Wildman–Crippen LogP) is 2.12. The average Bonchev–Trinajstić information content (AvgIpc) is 2.43. The maximum absolute atomic E-state index is 11.3. The fourth-order valence-electron chi connectivity index (χ4n) is 2.57. The first-order valence-electron chi connectivity index (χ1n) is 7.02. The zero-order valence-electron chi connectivity index (χ0n) is 12.1. The number of hydrogen-bond acceptors (Lipinski definition) is 4. The molecule has 1 aliphatic rings. The molecule has 0 spiro atoms. The highest BCUT2D eigenvalue weighted by Gasteiger charge is 2.34. The summed E-state index contributed by atoms with van der Waals surface area (Å²) in [5.41, 5.74) is 0.0322. The molecule has 0 aromatic rings. The Hall–Kier alpha value is -0.610. The summed E-state index contributed by atoms with van der Waals surface area (Å²) in [5, 5.41) is 3.48. The van der Waals surface area contributed by atoms with Crippen molar-refractivity contribution in [3.05, 3.63) is 0 Å². The molecule has 0 bridgehead atoms. The van der Waals surface area contributed by atoms with E-state index in [0.717, 1.165) is 32.3 Å². The van der Waals surface area contributed by atoms with Crippen molar-refractivity contribution in [2.75, 3.05) is 20.3 Å². The fraction of sp³-hybridized carbons (Fsp3) is 0.929. The van der Waals surface area contributed by atoms with E-state index in [9.17, 15) is 4.79 Å². The Labute approximate surface area is 110 Å². The highest BCUT2D eigenvalue weighted by molar-refractivity contribution is 5.72. The average molecular weight is 257 g/mol. The first-order chi connectivity index (χ1) is 8.56. The molecule has 1 heterocycles. The number of carbonyl (C=O) groups excluding carboxylic acids is 1. The van der Waals surface area contributed by atoms with Crippen molar-refractivity contribution in [3.63, 3.8) is 0 Å². The van der Waals surface area contributed by atoms with E-state index < -0.39 is 0 Å². The van der Waals surface area contributed by atoms with Crippen LogP contribution in [0.25, 0.3) is 0 Å². The van der Waals surface area contributed by atoms with Crippen LogP contribution in [0.1, 0.15) is 46.5 Å². The van der Waals surface area contributed by atoms with Crippen LogP contribution < -0.4 is 5.32 Å². The van der Waals surface area contributed by atoms with Crippen molar-refractivity contribution in [2.24, 2.45) is 5.92 Å². The third-order valence-corrected chi connectivity index (χ3v) is 4.10. The summed E-state index contributed by atoms with van der Waals surface area (Å²) in [4.78, 5) is 11.3. The van der Waals surface area contributed by atoms with Crippen molar-refractivity contribution in [1.29, 1.82) is 0 Å². The fourth-order valence-corrected chi connectivity index (χ4v) is 2.57. The van der Waals surface area contributed by atoms with Crippen LogP contribution in [0.4, 0.5) is 0 Å². The molecule has 1 fully saturated rings. The lowest BCUT2D eigenvalue weighted by Gasteiger charge is -2.40. The maximum atomic E-state index is 11.3. The van der Waals surface area contributed by atoms with Gasteiger partial charge in [-0.3, -0.25) is 4.79 Å². The quantitative estimate of drug-likeness (QED) is 0.740. The molecule has 1 saturated heterocycles. The first kappa shape index (κ1) is 15.4. The topological polar surface area (TPSA) is 47.6 Å². The summed E-state index contributed by atoms with van der Waals surface area (Å²) < 4.78 is 10.7. The molecular formula is C14H27NO3. The second-order valence-electron chi connectivity index (χ2n) is 5.26. The van der Waals surface area contributed by atoms with Crippen LogP contribution in [0.5, 0.6) is 0 Å². The van der Waals surface area contributed by atoms with Crippen LogP contribution in [0.3, 0.4) is 0 Å². The molecule has 1 N–H and O–H groups in total. The van der Waals surface area contributed by atoms with E-state index >= 15 is 0 Å². The predicted molar refractivity (Wildman–Crippen MR) is 71.5 cm³/mol. The van der Waals surface area contributed by atoms with E-state index in [0.29, 0.717) is 12.6 Å². The van der Waals surface area contributed by atoms with Crippen LogP contribution >= 0.6 is 0 Å². The Balaban J connectivity index is 2.41. The van der Waals surface area contributed by atoms with E-state index in [1.807, 2.05) is 6.92 Å². The van der Waals surface area contributed by atoms with E-state index in [2.05, 4.69) is 19.2 Å². The molecule has 2 atom stereocenters. The van der Waals surface area contributed by atoms with E-state index in [-0.39, 0.29) is 17.5 Å². The third-order valence-electron chi connectivity index (χ3n) is 4.10. The highest BCUT2D eigenvalue weighted by atomic mass is 16.5. The minimum absolute atomic E-state index is 0.0322. The first-order valence-corrected chi connectivity index (χ1v) is 7.02. The molecule has 18 heavy (non-hydrogen) atoms. The van der Waals surface area contributed by atoms with E-state index in [4.69, 9.17) is 9.47 Å². The minimum atomic E-state index is -0.146. The molecule has 4 heteroatoms. The molecule has 0 radical (unpaired) electrons. The Morgan fingerprint density at radius 3 is 2.72 bits per heavy atom. The number of carbonyl (C=O) groups is 1. The Bertz CT molecular complexity index is 264. The van der Waals surface area contributed by atoms with Crippen LogP contribution in [-0.4, -0.2) is 37.9 Å². The lowest BCUT2D eigenvalue weighted by molar-refractivity contribution is -0.144. The van der Waals surface area contributed by atoms with Crippen molar-refractivity contribution >= 4 is 5.97 Å². The number of ether oxygens (including phenoxy) is 2. The zero-order valence-corrected chi connectivity index (χ0v) is 12.1. The number of esters is 1. The van der Waals surface area contributed by atoms with Gasteiger partial charge in [0, 0.05) is 19.2 Å². The number of rotatable bonds is 6. The lowest BCUT2D eigenvalue weighted by atomic mass is 9.86. The third kappa shape index (κ3) is 3.95. The van der Waals surface area contributed by atoms with Crippen LogP contribution in [0.2, 0.25) is 0 Å². The SMILES string of the molecule is CCC1(CC)CC(NCC(C)C(=O)OC)CCO1. The molecule has 0 saturated carbocycles. The van der Waals surface area contributed by atoms with E-state index in [1.165, 1.54) is 7.11 Å². The highest BCUT2D eigenvalue weighted by Crippen LogP contribution is 2.31. The second kappa shape index (κ2) is 7.10. The van der Waals surface area contributed by atoms with Gasteiger partial charge in [-0.2, -0.15) is 0 Å². The van der Waals surface area contributed by atoms with Crippen molar-refractivity contribution in [2.45, 2.75) is 58.1 Å². The molecule has 2 unspecified atom stereocenters. The van der Waals surface area contributed by atoms with Crippen molar-refractivity contribution in [3.8, 4) is 0 Å². The second-order valence-corrected chi connectivity index (χ2v) is 5.26. The molecule has 0 aliphatic carbocycles. The standard InChI is InChI=1S/C14H27NO3/c1-5-14(6-2)9-12(7-8-18-14)15-10-11(3)13(16)17-4/h11-12,15H,5-10H2,1-4H3. The molecule has 0 aromatic carbocycles. The molecular weight excluding hydrogens is 230 g/mol. The molecule has 0 aromatic heterocycles. The Kier molecular flexibility index (Phi) is 6.09. The van der Waals surface area contributed by atoms with Gasteiger partial charge in [0.15, 0.2) is 0 Å². The van der Waals surface area contributed by atoms with Gasteiger partial charge in [0.05, 0.1) is 18.6 Å². The Morgan fingerprint density at radius 1 is 1.50 bits per heavy atom. The summed E-state index contributed by atoms with van der Waals surface area (Å²) in [6, 6.07) is 0.450. The number of hydrogen-bond donors (Lipinski definition) is 1. The van der Waals surface area contributed by atoms with Gasteiger partial charge in [-0.05, 0) is 25.7 Å². The number of nitrogens with one attached hydrogen (secondary N) is 1. The van der Waals surface area contributed by atoms with Gasteiger partial charge in [-0.15, -0.1) is 0 Å². The summed E-state index contributed by atoms with van der Waals surface area (Å²) in [5.74, 6) is -0.234. The lowest BCUT2D eigenvalue weighted by Crippen LogP contribution is -2.47. The van der Waals surface area contributed by atoms with Gasteiger partial charge in [0.2, 0.25) is 0 Å². The normalized spacial score (nSPS) is 24.6. The van der Waals surface area contributed by atoms with Crippen molar-refractivity contribution < 1.29 is 14.3 Å². The zero-order chi connectivity index (χ0) is 13.6. The van der Waals surface area contributed by atoms with Crippen LogP contribution in [0, 0.1) is 5.92 Å². The van der Waals surface area contributed by atoms with Gasteiger partial charge in [-0.25, -0.2) is 0 Å².